The van der Waals surface area contributed by atoms with Gasteiger partial charge in [0.1, 0.15) is 0 Å². The van der Waals surface area contributed by atoms with Crippen molar-refractivity contribution in [1.82, 2.24) is 9.62 Å². The lowest BCUT2D eigenvalue weighted by atomic mass is 10.2. The molecule has 1 unspecified atom stereocenters. The minimum Gasteiger partial charge on any atom is -0.383 e. The first-order valence-electron chi connectivity index (χ1n) is 7.24. The summed E-state index contributed by atoms with van der Waals surface area (Å²) < 4.78 is 26.6. The van der Waals surface area contributed by atoms with Crippen molar-refractivity contribution in [3.8, 4) is 0 Å². The van der Waals surface area contributed by atoms with Crippen LogP contribution in [0.1, 0.15) is 27.2 Å². The predicted octanol–water partition coefficient (Wildman–Crippen LogP) is 2.13. The molecule has 0 saturated heterocycles. The normalized spacial score (nSPS) is 13.7. The molecule has 1 aromatic rings. The van der Waals surface area contributed by atoms with E-state index in [9.17, 15) is 8.42 Å². The molecule has 1 atom stereocenters. The highest BCUT2D eigenvalue weighted by atomic mass is 32.2. The van der Waals surface area contributed by atoms with Crippen LogP contribution in [-0.4, -0.2) is 46.0 Å². The molecule has 21 heavy (non-hydrogen) atoms. The predicted molar refractivity (Wildman–Crippen MR) is 88.2 cm³/mol. The van der Waals surface area contributed by atoms with E-state index < -0.39 is 10.0 Å². The molecule has 0 radical (unpaired) electrons. The van der Waals surface area contributed by atoms with Crippen molar-refractivity contribution in [2.24, 2.45) is 0 Å². The van der Waals surface area contributed by atoms with Crippen LogP contribution in [0.3, 0.4) is 0 Å². The lowest BCUT2D eigenvalue weighted by Gasteiger charge is -2.18. The lowest BCUT2D eigenvalue weighted by Crippen LogP contribution is -2.30. The molecule has 0 saturated carbocycles. The molecule has 1 rings (SSSR count). The summed E-state index contributed by atoms with van der Waals surface area (Å²) in [6.07, 6.45) is 1.03. The summed E-state index contributed by atoms with van der Waals surface area (Å²) in [6, 6.07) is 7.10. The van der Waals surface area contributed by atoms with Crippen LogP contribution in [0.25, 0.3) is 0 Å². The van der Waals surface area contributed by atoms with Crippen LogP contribution in [0.15, 0.2) is 29.2 Å². The molecule has 0 aliphatic rings. The fourth-order valence-corrected chi connectivity index (χ4v) is 3.17. The topological polar surface area (TPSA) is 61.4 Å². The van der Waals surface area contributed by atoms with Gasteiger partial charge in [0, 0.05) is 17.8 Å². The molecule has 120 valence electrons. The SMILES string of the molecule is CC(C)NS(=O)(=O)c1ccc(NC(C)CCN(C)C)cc1. The van der Waals surface area contributed by atoms with E-state index in [1.807, 2.05) is 14.1 Å². The van der Waals surface area contributed by atoms with Gasteiger partial charge in [-0.2, -0.15) is 0 Å². The molecule has 0 aliphatic heterocycles. The van der Waals surface area contributed by atoms with Crippen LogP contribution in [0.4, 0.5) is 5.69 Å². The van der Waals surface area contributed by atoms with Gasteiger partial charge in [0.15, 0.2) is 0 Å². The molecule has 1 aromatic carbocycles. The zero-order chi connectivity index (χ0) is 16.0. The fraction of sp³-hybridized carbons (Fsp3) is 0.600. The summed E-state index contributed by atoms with van der Waals surface area (Å²) in [7, 11) is 0.689. The molecule has 0 aromatic heterocycles. The summed E-state index contributed by atoms with van der Waals surface area (Å²) in [5.74, 6) is 0. The molecular formula is C15H27N3O2S. The van der Waals surface area contributed by atoms with E-state index in [1.165, 1.54) is 0 Å². The highest BCUT2D eigenvalue weighted by Crippen LogP contribution is 2.15. The maximum Gasteiger partial charge on any atom is 0.240 e. The number of hydrogen-bond donors (Lipinski definition) is 2. The molecule has 5 nitrogen and oxygen atoms in total. The zero-order valence-corrected chi connectivity index (χ0v) is 14.4. The number of rotatable bonds is 8. The number of benzene rings is 1. The van der Waals surface area contributed by atoms with Gasteiger partial charge in [-0.3, -0.25) is 0 Å². The van der Waals surface area contributed by atoms with Crippen LogP contribution in [0.5, 0.6) is 0 Å². The van der Waals surface area contributed by atoms with E-state index in [1.54, 1.807) is 38.1 Å². The molecule has 6 heteroatoms. The van der Waals surface area contributed by atoms with Crippen LogP contribution >= 0.6 is 0 Å². The third kappa shape index (κ3) is 6.46. The Hall–Kier alpha value is -1.11. The number of sulfonamides is 1. The summed E-state index contributed by atoms with van der Waals surface area (Å²) in [4.78, 5) is 2.44. The first-order valence-corrected chi connectivity index (χ1v) is 8.72. The standard InChI is InChI=1S/C15H27N3O2S/c1-12(2)17-21(19,20)15-8-6-14(7-9-15)16-13(3)10-11-18(4)5/h6-9,12-13,16-17H,10-11H2,1-5H3. The molecule has 0 heterocycles. The Morgan fingerprint density at radius 1 is 1.10 bits per heavy atom. The first kappa shape index (κ1) is 17.9. The van der Waals surface area contributed by atoms with Crippen LogP contribution in [0.2, 0.25) is 0 Å². The number of nitrogens with one attached hydrogen (secondary N) is 2. The van der Waals surface area contributed by atoms with Gasteiger partial charge in [0.05, 0.1) is 4.90 Å². The van der Waals surface area contributed by atoms with E-state index in [4.69, 9.17) is 0 Å². The van der Waals surface area contributed by atoms with E-state index >= 15 is 0 Å². The Bertz CT molecular complexity index is 524. The lowest BCUT2D eigenvalue weighted by molar-refractivity contribution is 0.390. The third-order valence-electron chi connectivity index (χ3n) is 2.98. The summed E-state index contributed by atoms with van der Waals surface area (Å²) in [6.45, 7) is 6.74. The van der Waals surface area contributed by atoms with Gasteiger partial charge in [0.2, 0.25) is 10.0 Å². The second-order valence-electron chi connectivity index (χ2n) is 5.94. The van der Waals surface area contributed by atoms with Gasteiger partial charge in [-0.25, -0.2) is 13.1 Å². The quantitative estimate of drug-likeness (QED) is 0.772. The van der Waals surface area contributed by atoms with Gasteiger partial charge in [0.25, 0.3) is 0 Å². The molecule has 2 N–H and O–H groups in total. The second-order valence-corrected chi connectivity index (χ2v) is 7.65. The van der Waals surface area contributed by atoms with Crippen molar-refractivity contribution in [2.75, 3.05) is 26.0 Å². The van der Waals surface area contributed by atoms with E-state index in [0.29, 0.717) is 10.9 Å². The van der Waals surface area contributed by atoms with Gasteiger partial charge in [-0.1, -0.05) is 0 Å². The Morgan fingerprint density at radius 2 is 1.67 bits per heavy atom. The molecule has 0 fully saturated rings. The Morgan fingerprint density at radius 3 is 2.14 bits per heavy atom. The largest absolute Gasteiger partial charge is 0.383 e. The van der Waals surface area contributed by atoms with Crippen molar-refractivity contribution in [3.63, 3.8) is 0 Å². The smallest absolute Gasteiger partial charge is 0.240 e. The van der Waals surface area contributed by atoms with Crippen molar-refractivity contribution in [2.45, 2.75) is 44.2 Å². The molecule has 0 spiro atoms. The average Bonchev–Trinajstić information content (AvgIpc) is 2.35. The highest BCUT2D eigenvalue weighted by molar-refractivity contribution is 7.89. The van der Waals surface area contributed by atoms with Crippen molar-refractivity contribution in [3.05, 3.63) is 24.3 Å². The Kier molecular flexibility index (Phi) is 6.64. The molecule has 0 bridgehead atoms. The van der Waals surface area contributed by atoms with Gasteiger partial charge >= 0.3 is 0 Å². The number of nitrogens with zero attached hydrogens (tertiary/aromatic N) is 1. The summed E-state index contributed by atoms with van der Waals surface area (Å²) in [5, 5.41) is 3.37. The van der Waals surface area contributed by atoms with E-state index in [0.717, 1.165) is 18.7 Å². The fourth-order valence-electron chi connectivity index (χ4n) is 1.92. The molecule has 0 amide bonds. The number of anilines is 1. The Balaban J connectivity index is 2.66. The molecular weight excluding hydrogens is 286 g/mol. The van der Waals surface area contributed by atoms with Crippen molar-refractivity contribution >= 4 is 15.7 Å². The second kappa shape index (κ2) is 7.77. The maximum absolute atomic E-state index is 12.0. The minimum absolute atomic E-state index is 0.112. The maximum atomic E-state index is 12.0. The van der Waals surface area contributed by atoms with Crippen molar-refractivity contribution < 1.29 is 8.42 Å². The summed E-state index contributed by atoms with van der Waals surface area (Å²) >= 11 is 0. The first-order chi connectivity index (χ1) is 9.70. The van der Waals surface area contributed by atoms with Crippen LogP contribution < -0.4 is 10.0 Å². The van der Waals surface area contributed by atoms with Crippen molar-refractivity contribution in [1.29, 1.82) is 0 Å². The van der Waals surface area contributed by atoms with E-state index in [-0.39, 0.29) is 6.04 Å². The average molecular weight is 313 g/mol. The zero-order valence-electron chi connectivity index (χ0n) is 13.6. The van der Waals surface area contributed by atoms with Gasteiger partial charge < -0.3 is 10.2 Å². The van der Waals surface area contributed by atoms with Gasteiger partial charge in [-0.15, -0.1) is 0 Å². The Labute approximate surface area is 128 Å². The van der Waals surface area contributed by atoms with Gasteiger partial charge in [-0.05, 0) is 72.1 Å². The third-order valence-corrected chi connectivity index (χ3v) is 4.65. The monoisotopic (exact) mass is 313 g/mol. The highest BCUT2D eigenvalue weighted by Gasteiger charge is 2.15. The van der Waals surface area contributed by atoms with Crippen LogP contribution in [0, 0.1) is 0 Å². The number of hydrogen-bond acceptors (Lipinski definition) is 4. The summed E-state index contributed by atoms with van der Waals surface area (Å²) in [5.41, 5.74) is 0.935. The van der Waals surface area contributed by atoms with Crippen LogP contribution in [-0.2, 0) is 10.0 Å². The minimum atomic E-state index is -3.41. The van der Waals surface area contributed by atoms with E-state index in [2.05, 4.69) is 21.9 Å². The molecule has 0 aliphatic carbocycles.